The maximum atomic E-state index is 13.0. The average molecular weight is 784 g/mol. The number of allylic oxidation sites excluding steroid dienone is 4. The lowest BCUT2D eigenvalue weighted by molar-refractivity contribution is -0.302. The van der Waals surface area contributed by atoms with E-state index in [4.69, 9.17) is 9.47 Å². The number of unbranched alkanes of at least 4 members (excludes halogenated alkanes) is 23. The van der Waals surface area contributed by atoms with Crippen molar-refractivity contribution in [3.8, 4) is 0 Å². The van der Waals surface area contributed by atoms with Crippen molar-refractivity contribution in [3.63, 3.8) is 0 Å². The highest BCUT2D eigenvalue weighted by atomic mass is 16.7. The molecule has 0 aromatic heterocycles. The quantitative estimate of drug-likeness (QED) is 0.0243. The highest BCUT2D eigenvalue weighted by Crippen LogP contribution is 2.23. The fourth-order valence-corrected chi connectivity index (χ4v) is 7.16. The van der Waals surface area contributed by atoms with Gasteiger partial charge in [-0.05, 0) is 38.5 Å². The van der Waals surface area contributed by atoms with Gasteiger partial charge in [-0.1, -0.05) is 179 Å². The van der Waals surface area contributed by atoms with Crippen molar-refractivity contribution in [2.24, 2.45) is 0 Å². The Morgan fingerprint density at radius 2 is 1.05 bits per heavy atom. The summed E-state index contributed by atoms with van der Waals surface area (Å²) in [7, 11) is 0. The fourth-order valence-electron chi connectivity index (χ4n) is 7.16. The van der Waals surface area contributed by atoms with Gasteiger partial charge < -0.3 is 45.4 Å². The zero-order valence-corrected chi connectivity index (χ0v) is 35.0. The minimum absolute atomic E-state index is 0.256. The standard InChI is InChI=1S/C45H85NO9/c1-3-5-7-9-11-13-15-17-18-19-20-21-22-24-26-28-30-32-34-39(49)44(53)46-37(36-54-45-43(52)42(51)41(50)40(35-47)55-45)38(48)33-31-29-27-25-23-16-14-12-10-8-6-4-2/h11,13,15,17,37-43,45,47-52H,3-10,12,14,16,18-36H2,1-2H3,(H,46,53)/b13-11-,17-15-. The van der Waals surface area contributed by atoms with Crippen molar-refractivity contribution in [1.29, 1.82) is 0 Å². The Balaban J connectivity index is 2.38. The molecule has 0 radical (unpaired) electrons. The summed E-state index contributed by atoms with van der Waals surface area (Å²) in [6.45, 7) is 3.62. The van der Waals surface area contributed by atoms with Gasteiger partial charge in [0.05, 0.1) is 25.4 Å². The number of hydrogen-bond acceptors (Lipinski definition) is 9. The van der Waals surface area contributed by atoms with Gasteiger partial charge in [0.1, 0.15) is 30.5 Å². The zero-order valence-electron chi connectivity index (χ0n) is 35.0. The van der Waals surface area contributed by atoms with E-state index in [-0.39, 0.29) is 6.61 Å². The lowest BCUT2D eigenvalue weighted by atomic mass is 9.99. The molecule has 0 bridgehead atoms. The molecule has 10 heteroatoms. The van der Waals surface area contributed by atoms with Crippen LogP contribution in [-0.4, -0.2) is 98.7 Å². The maximum Gasteiger partial charge on any atom is 0.249 e. The molecule has 1 saturated heterocycles. The summed E-state index contributed by atoms with van der Waals surface area (Å²) < 4.78 is 11.2. The van der Waals surface area contributed by atoms with Crippen LogP contribution in [0.2, 0.25) is 0 Å². The van der Waals surface area contributed by atoms with E-state index >= 15 is 0 Å². The number of carbonyl (C=O) groups is 1. The molecule has 0 aromatic rings. The third kappa shape index (κ3) is 26.3. The fraction of sp³-hybridized carbons (Fsp3) is 0.889. The molecule has 1 rings (SSSR count). The number of amides is 1. The largest absolute Gasteiger partial charge is 0.394 e. The molecular formula is C45H85NO9. The van der Waals surface area contributed by atoms with Crippen molar-refractivity contribution >= 4 is 5.91 Å². The molecule has 0 saturated carbocycles. The zero-order chi connectivity index (χ0) is 40.4. The SMILES string of the molecule is CCCCC/C=C\C=C/CCCCCCCCCCCC(O)C(=O)NC(COC1OC(CO)C(O)C(O)C1O)C(O)CCCCCCCCCCCCCC. The van der Waals surface area contributed by atoms with E-state index in [0.29, 0.717) is 12.8 Å². The molecule has 1 amide bonds. The summed E-state index contributed by atoms with van der Waals surface area (Å²) in [6.07, 6.45) is 30.8. The number of hydrogen-bond donors (Lipinski definition) is 7. The summed E-state index contributed by atoms with van der Waals surface area (Å²) in [6, 6.07) is -0.893. The van der Waals surface area contributed by atoms with Gasteiger partial charge in [0.2, 0.25) is 5.91 Å². The van der Waals surface area contributed by atoms with E-state index in [1.54, 1.807) is 0 Å². The Labute approximate surface area is 335 Å². The van der Waals surface area contributed by atoms with E-state index in [9.17, 15) is 35.4 Å². The molecule has 1 heterocycles. The van der Waals surface area contributed by atoms with Gasteiger partial charge in [0.25, 0.3) is 0 Å². The molecular weight excluding hydrogens is 698 g/mol. The van der Waals surface area contributed by atoms with Gasteiger partial charge in [0, 0.05) is 0 Å². The minimum atomic E-state index is -1.60. The van der Waals surface area contributed by atoms with E-state index in [1.165, 1.54) is 109 Å². The van der Waals surface area contributed by atoms with E-state index < -0.39 is 61.5 Å². The van der Waals surface area contributed by atoms with Crippen LogP contribution < -0.4 is 5.32 Å². The van der Waals surface area contributed by atoms with Crippen molar-refractivity contribution < 1.29 is 44.9 Å². The van der Waals surface area contributed by atoms with Crippen LogP contribution in [-0.2, 0) is 14.3 Å². The first-order chi connectivity index (χ1) is 26.8. The summed E-state index contributed by atoms with van der Waals surface area (Å²) >= 11 is 0. The predicted molar refractivity (Wildman–Crippen MR) is 223 cm³/mol. The second-order valence-electron chi connectivity index (χ2n) is 16.0. The number of carbonyl (C=O) groups excluding carboxylic acids is 1. The van der Waals surface area contributed by atoms with E-state index in [2.05, 4.69) is 43.5 Å². The van der Waals surface area contributed by atoms with Crippen LogP contribution in [0.25, 0.3) is 0 Å². The molecule has 0 aromatic carbocycles. The Kier molecular flexibility index (Phi) is 33.6. The monoisotopic (exact) mass is 784 g/mol. The molecule has 0 aliphatic carbocycles. The van der Waals surface area contributed by atoms with Crippen LogP contribution in [0.4, 0.5) is 0 Å². The van der Waals surface area contributed by atoms with Gasteiger partial charge in [-0.15, -0.1) is 0 Å². The highest BCUT2D eigenvalue weighted by molar-refractivity contribution is 5.80. The van der Waals surface area contributed by atoms with Crippen LogP contribution in [0.1, 0.15) is 194 Å². The number of aliphatic hydroxyl groups excluding tert-OH is 6. The Morgan fingerprint density at radius 3 is 1.56 bits per heavy atom. The van der Waals surface area contributed by atoms with Crippen LogP contribution in [0.3, 0.4) is 0 Å². The molecule has 324 valence electrons. The lowest BCUT2D eigenvalue weighted by Crippen LogP contribution is -2.60. The molecule has 8 atom stereocenters. The van der Waals surface area contributed by atoms with E-state index in [0.717, 1.165) is 57.8 Å². The summed E-state index contributed by atoms with van der Waals surface area (Å²) in [4.78, 5) is 13.0. The first kappa shape index (κ1) is 51.6. The second-order valence-corrected chi connectivity index (χ2v) is 16.0. The first-order valence-corrected chi connectivity index (χ1v) is 22.7. The minimum Gasteiger partial charge on any atom is -0.394 e. The van der Waals surface area contributed by atoms with Crippen molar-refractivity contribution in [2.45, 2.75) is 243 Å². The molecule has 1 aliphatic heterocycles. The second kappa shape index (κ2) is 35.8. The van der Waals surface area contributed by atoms with Gasteiger partial charge >= 0.3 is 0 Å². The van der Waals surface area contributed by atoms with Crippen LogP contribution >= 0.6 is 0 Å². The van der Waals surface area contributed by atoms with Gasteiger partial charge in [-0.25, -0.2) is 0 Å². The van der Waals surface area contributed by atoms with E-state index in [1.807, 2.05) is 0 Å². The number of rotatable bonds is 37. The van der Waals surface area contributed by atoms with Crippen molar-refractivity contribution in [2.75, 3.05) is 13.2 Å². The molecule has 55 heavy (non-hydrogen) atoms. The van der Waals surface area contributed by atoms with Crippen LogP contribution in [0.5, 0.6) is 0 Å². The first-order valence-electron chi connectivity index (χ1n) is 22.7. The summed E-state index contributed by atoms with van der Waals surface area (Å²) in [5.41, 5.74) is 0. The van der Waals surface area contributed by atoms with Crippen LogP contribution in [0, 0.1) is 0 Å². The Bertz CT molecular complexity index is 932. The Hall–Kier alpha value is -1.37. The third-order valence-electron chi connectivity index (χ3n) is 10.9. The normalized spacial score (nSPS) is 22.1. The number of nitrogens with one attached hydrogen (secondary N) is 1. The lowest BCUT2D eigenvalue weighted by Gasteiger charge is -2.40. The molecule has 7 N–H and O–H groups in total. The van der Waals surface area contributed by atoms with Gasteiger partial charge in [-0.2, -0.15) is 0 Å². The molecule has 10 nitrogen and oxygen atoms in total. The average Bonchev–Trinajstić information content (AvgIpc) is 3.18. The molecule has 1 aliphatic rings. The smallest absolute Gasteiger partial charge is 0.249 e. The predicted octanol–water partition coefficient (Wildman–Crippen LogP) is 8.08. The molecule has 1 fully saturated rings. The number of ether oxygens (including phenoxy) is 2. The number of aliphatic hydroxyl groups is 6. The van der Waals surface area contributed by atoms with Crippen molar-refractivity contribution in [3.05, 3.63) is 24.3 Å². The van der Waals surface area contributed by atoms with Gasteiger partial charge in [0.15, 0.2) is 6.29 Å². The highest BCUT2D eigenvalue weighted by Gasteiger charge is 2.44. The Morgan fingerprint density at radius 1 is 0.618 bits per heavy atom. The van der Waals surface area contributed by atoms with Crippen molar-refractivity contribution in [1.82, 2.24) is 5.32 Å². The molecule has 0 spiro atoms. The van der Waals surface area contributed by atoms with Crippen LogP contribution in [0.15, 0.2) is 24.3 Å². The maximum absolute atomic E-state index is 13.0. The summed E-state index contributed by atoms with van der Waals surface area (Å²) in [5, 5.41) is 64.7. The topological polar surface area (TPSA) is 169 Å². The molecule has 8 unspecified atom stereocenters. The third-order valence-corrected chi connectivity index (χ3v) is 10.9. The summed E-state index contributed by atoms with van der Waals surface area (Å²) in [5.74, 6) is -0.589. The van der Waals surface area contributed by atoms with Gasteiger partial charge in [-0.3, -0.25) is 4.79 Å².